The third kappa shape index (κ3) is 6.01. The summed E-state index contributed by atoms with van der Waals surface area (Å²) in [6, 6.07) is 8.41. The predicted octanol–water partition coefficient (Wildman–Crippen LogP) is 5.70. The lowest BCUT2D eigenvalue weighted by molar-refractivity contribution is 0.415. The van der Waals surface area contributed by atoms with Gasteiger partial charge in [0.25, 0.3) is 0 Å². The molecule has 0 atom stereocenters. The topological polar surface area (TPSA) is 9.23 Å². The van der Waals surface area contributed by atoms with Crippen molar-refractivity contribution in [3.63, 3.8) is 0 Å². The van der Waals surface area contributed by atoms with Crippen molar-refractivity contribution in [3.05, 3.63) is 24.3 Å². The largest absolute Gasteiger partial charge is 0.497 e. The lowest BCUT2D eigenvalue weighted by Crippen LogP contribution is -2.01. The van der Waals surface area contributed by atoms with Crippen molar-refractivity contribution >= 4 is 44.3 Å². The molecule has 1 aromatic rings. The predicted molar refractivity (Wildman–Crippen MR) is 102 cm³/mol. The lowest BCUT2D eigenvalue weighted by Gasteiger charge is -2.21. The summed E-state index contributed by atoms with van der Waals surface area (Å²) >= 11 is 10.1. The Kier molecular flexibility index (Phi) is 9.35. The molecule has 0 bridgehead atoms. The number of hydrogen-bond donors (Lipinski definition) is 0. The SMILES string of the molecule is CCCCSP(=S)(SCCCC)c1ccc(OC)cc1. The lowest BCUT2D eigenvalue weighted by atomic mass is 10.3. The van der Waals surface area contributed by atoms with Gasteiger partial charge in [0.05, 0.1) is 11.6 Å². The van der Waals surface area contributed by atoms with Gasteiger partial charge in [0.15, 0.2) is 0 Å². The van der Waals surface area contributed by atoms with Crippen LogP contribution in [0.15, 0.2) is 24.3 Å². The van der Waals surface area contributed by atoms with E-state index in [0.29, 0.717) is 0 Å². The molecule has 0 spiro atoms. The van der Waals surface area contributed by atoms with Crippen molar-refractivity contribution in [1.82, 2.24) is 0 Å². The van der Waals surface area contributed by atoms with E-state index >= 15 is 0 Å². The molecular weight excluding hydrogens is 323 g/mol. The molecule has 0 saturated heterocycles. The van der Waals surface area contributed by atoms with Gasteiger partial charge in [0, 0.05) is 5.30 Å². The van der Waals surface area contributed by atoms with Crippen LogP contribution in [0.5, 0.6) is 5.75 Å². The van der Waals surface area contributed by atoms with E-state index in [4.69, 9.17) is 16.5 Å². The van der Waals surface area contributed by atoms with Crippen molar-refractivity contribution < 1.29 is 4.74 Å². The molecule has 0 aliphatic rings. The summed E-state index contributed by atoms with van der Waals surface area (Å²) in [7, 11) is 1.71. The average molecular weight is 349 g/mol. The van der Waals surface area contributed by atoms with Crippen LogP contribution in [0, 0.1) is 0 Å². The van der Waals surface area contributed by atoms with E-state index in [2.05, 4.69) is 26.0 Å². The maximum absolute atomic E-state index is 6.07. The van der Waals surface area contributed by atoms with Crippen LogP contribution >= 0.6 is 27.2 Å². The van der Waals surface area contributed by atoms with Crippen molar-refractivity contribution in [3.8, 4) is 5.75 Å². The number of benzene rings is 1. The first-order valence-corrected chi connectivity index (χ1v) is 13.2. The third-order valence-corrected chi connectivity index (χ3v) is 14.3. The minimum atomic E-state index is -1.55. The van der Waals surface area contributed by atoms with Gasteiger partial charge in [0.2, 0.25) is 0 Å². The van der Waals surface area contributed by atoms with Gasteiger partial charge < -0.3 is 4.74 Å². The zero-order chi connectivity index (χ0) is 14.8. The maximum Gasteiger partial charge on any atom is 0.118 e. The van der Waals surface area contributed by atoms with E-state index < -0.39 is 4.44 Å². The summed E-state index contributed by atoms with van der Waals surface area (Å²) in [6.45, 7) is 4.48. The molecule has 1 aromatic carbocycles. The minimum Gasteiger partial charge on any atom is -0.497 e. The molecular formula is C15H25OPS3. The first kappa shape index (κ1) is 18.4. The van der Waals surface area contributed by atoms with Gasteiger partial charge >= 0.3 is 0 Å². The highest BCUT2D eigenvalue weighted by molar-refractivity contribution is 9.02. The molecule has 1 rings (SSSR count). The zero-order valence-electron chi connectivity index (χ0n) is 12.6. The highest BCUT2D eigenvalue weighted by Gasteiger charge is 2.20. The molecule has 0 saturated carbocycles. The summed E-state index contributed by atoms with van der Waals surface area (Å²) in [4.78, 5) is 0. The van der Waals surface area contributed by atoms with Crippen LogP contribution in [0.2, 0.25) is 0 Å². The van der Waals surface area contributed by atoms with Crippen LogP contribution in [0.4, 0.5) is 0 Å². The molecule has 5 heteroatoms. The summed E-state index contributed by atoms with van der Waals surface area (Å²) in [5.41, 5.74) is 0. The van der Waals surface area contributed by atoms with Gasteiger partial charge in [-0.2, -0.15) is 0 Å². The highest BCUT2D eigenvalue weighted by Crippen LogP contribution is 2.68. The summed E-state index contributed by atoms with van der Waals surface area (Å²) < 4.78 is 3.69. The molecule has 0 aliphatic heterocycles. The molecule has 0 amide bonds. The van der Waals surface area contributed by atoms with Crippen LogP contribution in [-0.4, -0.2) is 18.6 Å². The fourth-order valence-corrected chi connectivity index (χ4v) is 11.6. The molecule has 0 radical (unpaired) electrons. The fraction of sp³-hybridized carbons (Fsp3) is 0.600. The molecule has 0 fully saturated rings. The smallest absolute Gasteiger partial charge is 0.118 e. The molecule has 0 aliphatic carbocycles. The zero-order valence-corrected chi connectivity index (χ0v) is 16.0. The second-order valence-electron chi connectivity index (χ2n) is 4.57. The van der Waals surface area contributed by atoms with E-state index in [1.165, 1.54) is 42.5 Å². The average Bonchev–Trinajstić information content (AvgIpc) is 2.48. The maximum atomic E-state index is 6.07. The number of methoxy groups -OCH3 is 1. The van der Waals surface area contributed by atoms with Crippen LogP contribution < -0.4 is 10.0 Å². The third-order valence-electron chi connectivity index (χ3n) is 2.91. The monoisotopic (exact) mass is 348 g/mol. The summed E-state index contributed by atoms with van der Waals surface area (Å²) in [5, 5.41) is 1.33. The van der Waals surface area contributed by atoms with Gasteiger partial charge in [-0.3, -0.25) is 0 Å². The van der Waals surface area contributed by atoms with Gasteiger partial charge in [0.1, 0.15) is 5.75 Å². The van der Waals surface area contributed by atoms with E-state index in [-0.39, 0.29) is 0 Å². The quantitative estimate of drug-likeness (QED) is 0.396. The number of ether oxygens (including phenoxy) is 1. The summed E-state index contributed by atoms with van der Waals surface area (Å²) in [5.74, 6) is 3.27. The number of rotatable bonds is 10. The molecule has 20 heavy (non-hydrogen) atoms. The van der Waals surface area contributed by atoms with Crippen LogP contribution in [0.3, 0.4) is 0 Å². The van der Waals surface area contributed by atoms with Crippen molar-refractivity contribution in [2.24, 2.45) is 0 Å². The molecule has 0 N–H and O–H groups in total. The minimum absolute atomic E-state index is 0.910. The first-order valence-electron chi connectivity index (χ1n) is 7.20. The van der Waals surface area contributed by atoms with Gasteiger partial charge in [-0.1, -0.05) is 38.5 Å². The Morgan fingerprint density at radius 2 is 1.50 bits per heavy atom. The van der Waals surface area contributed by atoms with Crippen molar-refractivity contribution in [1.29, 1.82) is 0 Å². The second kappa shape index (κ2) is 10.2. The number of hydrogen-bond acceptors (Lipinski definition) is 4. The Labute approximate surface area is 137 Å². The van der Waals surface area contributed by atoms with Gasteiger partial charge in [-0.25, -0.2) is 0 Å². The second-order valence-corrected chi connectivity index (χ2v) is 16.0. The molecule has 0 heterocycles. The Morgan fingerprint density at radius 1 is 1.00 bits per heavy atom. The fourth-order valence-electron chi connectivity index (χ4n) is 1.61. The molecule has 1 nitrogen and oxygen atoms in total. The van der Waals surface area contributed by atoms with Crippen LogP contribution in [-0.2, 0) is 11.8 Å². The van der Waals surface area contributed by atoms with E-state index in [9.17, 15) is 0 Å². The number of unbranched alkanes of at least 4 members (excludes halogenated alkanes) is 2. The van der Waals surface area contributed by atoms with Gasteiger partial charge in [-0.05, 0) is 48.6 Å². The Bertz CT molecular complexity index is 406. The first-order chi connectivity index (χ1) is 9.66. The van der Waals surface area contributed by atoms with Crippen molar-refractivity contribution in [2.45, 2.75) is 39.5 Å². The highest BCUT2D eigenvalue weighted by atomic mass is 33.2. The van der Waals surface area contributed by atoms with Crippen molar-refractivity contribution in [2.75, 3.05) is 18.6 Å². The molecule has 0 aromatic heterocycles. The Morgan fingerprint density at radius 3 is 1.90 bits per heavy atom. The normalized spacial score (nSPS) is 11.6. The molecule has 0 unspecified atom stereocenters. The van der Waals surface area contributed by atoms with E-state index in [0.717, 1.165) is 5.75 Å². The Hall–Kier alpha value is 0.370. The van der Waals surface area contributed by atoms with Crippen LogP contribution in [0.25, 0.3) is 0 Å². The van der Waals surface area contributed by atoms with Crippen LogP contribution in [0.1, 0.15) is 39.5 Å². The summed E-state index contributed by atoms with van der Waals surface area (Å²) in [6.07, 6.45) is 5.00. The standard InChI is InChI=1S/C15H25OPS3/c1-4-6-12-19-17(18,20-13-7-5-2)15-10-8-14(16-3)9-11-15/h8-11H,4-7,12-13H2,1-3H3. The molecule has 114 valence electrons. The van der Waals surface area contributed by atoms with Gasteiger partial charge in [-0.15, -0.1) is 22.8 Å². The Balaban J connectivity index is 2.80. The van der Waals surface area contributed by atoms with E-state index in [1.54, 1.807) is 7.11 Å². The van der Waals surface area contributed by atoms with E-state index in [1.807, 2.05) is 34.9 Å².